The summed E-state index contributed by atoms with van der Waals surface area (Å²) < 4.78 is 11.1. The average Bonchev–Trinajstić information content (AvgIpc) is 2.97. The second-order valence-electron chi connectivity index (χ2n) is 7.41. The maximum absolute atomic E-state index is 12.6. The minimum absolute atomic E-state index is 0.292. The lowest BCUT2D eigenvalue weighted by atomic mass is 9.93. The van der Waals surface area contributed by atoms with Crippen LogP contribution in [0.15, 0.2) is 0 Å². The number of thiophene rings is 1. The lowest BCUT2D eigenvalue weighted by molar-refractivity contribution is -0.0384. The first-order chi connectivity index (χ1) is 13.3. The van der Waals surface area contributed by atoms with E-state index in [2.05, 4.69) is 29.4 Å². The fourth-order valence-electron chi connectivity index (χ4n) is 3.25. The molecule has 0 atom stereocenters. The third-order valence-electron chi connectivity index (χ3n) is 4.82. The molecule has 28 heavy (non-hydrogen) atoms. The van der Waals surface area contributed by atoms with Gasteiger partial charge in [0, 0.05) is 17.8 Å². The summed E-state index contributed by atoms with van der Waals surface area (Å²) >= 11 is 1.39. The Balaban J connectivity index is 2.05. The molecule has 8 heteroatoms. The van der Waals surface area contributed by atoms with Gasteiger partial charge in [0.15, 0.2) is 0 Å². The molecule has 0 fully saturated rings. The van der Waals surface area contributed by atoms with Crippen molar-refractivity contribution in [1.29, 1.82) is 0 Å². The maximum Gasteiger partial charge on any atom is 0.341 e. The Hall–Kier alpha value is -1.64. The van der Waals surface area contributed by atoms with Crippen LogP contribution in [0.2, 0.25) is 0 Å². The molecule has 1 aliphatic heterocycles. The van der Waals surface area contributed by atoms with E-state index in [1.807, 2.05) is 13.8 Å². The molecule has 2 amide bonds. The molecule has 2 heterocycles. The molecule has 0 unspecified atom stereocenters. The van der Waals surface area contributed by atoms with Gasteiger partial charge in [-0.2, -0.15) is 0 Å². The van der Waals surface area contributed by atoms with Crippen LogP contribution in [0.5, 0.6) is 0 Å². The first-order valence-electron chi connectivity index (χ1n) is 10.0. The van der Waals surface area contributed by atoms with Crippen molar-refractivity contribution in [3.63, 3.8) is 0 Å². The van der Waals surface area contributed by atoms with E-state index in [-0.39, 0.29) is 11.6 Å². The molecule has 1 aromatic rings. The number of esters is 1. The second kappa shape index (κ2) is 10.2. The summed E-state index contributed by atoms with van der Waals surface area (Å²) in [5.41, 5.74) is 1.05. The Labute approximate surface area is 171 Å². The van der Waals surface area contributed by atoms with E-state index in [1.165, 1.54) is 11.3 Å². The van der Waals surface area contributed by atoms with Gasteiger partial charge >= 0.3 is 12.0 Å². The zero-order valence-electron chi connectivity index (χ0n) is 17.6. The molecule has 0 spiro atoms. The highest BCUT2D eigenvalue weighted by molar-refractivity contribution is 7.17. The summed E-state index contributed by atoms with van der Waals surface area (Å²) in [6, 6.07) is -0.302. The Morgan fingerprint density at radius 3 is 2.61 bits per heavy atom. The molecule has 0 aliphatic carbocycles. The molecule has 7 nitrogen and oxygen atoms in total. The van der Waals surface area contributed by atoms with Gasteiger partial charge in [-0.05, 0) is 52.4 Å². The molecule has 0 aromatic carbocycles. The fraction of sp³-hybridized carbons (Fsp3) is 0.700. The van der Waals surface area contributed by atoms with Crippen LogP contribution in [-0.4, -0.2) is 55.3 Å². The molecular weight excluding hydrogens is 378 g/mol. The van der Waals surface area contributed by atoms with Gasteiger partial charge in [-0.15, -0.1) is 11.3 Å². The van der Waals surface area contributed by atoms with Crippen LogP contribution in [-0.2, 0) is 22.5 Å². The SMILES string of the molecule is CCOC(=O)c1c(NC(=O)NCCCN(CC)CC)sc2c1CC(C)(C)OC2. The molecule has 158 valence electrons. The largest absolute Gasteiger partial charge is 0.462 e. The number of carbonyl (C=O) groups excluding carboxylic acids is 2. The van der Waals surface area contributed by atoms with Crippen molar-refractivity contribution in [2.75, 3.05) is 38.1 Å². The van der Waals surface area contributed by atoms with Gasteiger partial charge < -0.3 is 19.7 Å². The van der Waals surface area contributed by atoms with Gasteiger partial charge in [-0.1, -0.05) is 13.8 Å². The fourth-order valence-corrected chi connectivity index (χ4v) is 4.37. The van der Waals surface area contributed by atoms with E-state index >= 15 is 0 Å². The first kappa shape index (κ1) is 22.6. The van der Waals surface area contributed by atoms with E-state index in [1.54, 1.807) is 6.92 Å². The smallest absolute Gasteiger partial charge is 0.341 e. The van der Waals surface area contributed by atoms with E-state index in [9.17, 15) is 9.59 Å². The highest BCUT2D eigenvalue weighted by Crippen LogP contribution is 2.40. The number of ether oxygens (including phenoxy) is 2. The van der Waals surface area contributed by atoms with Crippen LogP contribution in [0, 0.1) is 0 Å². The normalized spacial score (nSPS) is 15.2. The average molecular weight is 412 g/mol. The summed E-state index contributed by atoms with van der Waals surface area (Å²) in [5.74, 6) is -0.394. The number of carbonyl (C=O) groups is 2. The van der Waals surface area contributed by atoms with Gasteiger partial charge in [0.1, 0.15) is 5.00 Å². The number of anilines is 1. The third-order valence-corrected chi connectivity index (χ3v) is 5.95. The predicted molar refractivity (Wildman–Crippen MR) is 112 cm³/mol. The zero-order chi connectivity index (χ0) is 20.7. The van der Waals surface area contributed by atoms with E-state index in [4.69, 9.17) is 9.47 Å². The van der Waals surface area contributed by atoms with Crippen LogP contribution >= 0.6 is 11.3 Å². The molecule has 0 bridgehead atoms. The second-order valence-corrected chi connectivity index (χ2v) is 8.52. The topological polar surface area (TPSA) is 79.9 Å². The Morgan fingerprint density at radius 1 is 1.25 bits per heavy atom. The van der Waals surface area contributed by atoms with Crippen LogP contribution in [0.3, 0.4) is 0 Å². The number of nitrogens with zero attached hydrogens (tertiary/aromatic N) is 1. The summed E-state index contributed by atoms with van der Waals surface area (Å²) in [4.78, 5) is 28.2. The van der Waals surface area contributed by atoms with Crippen LogP contribution < -0.4 is 10.6 Å². The number of hydrogen-bond acceptors (Lipinski definition) is 6. The van der Waals surface area contributed by atoms with Crippen molar-refractivity contribution >= 4 is 28.3 Å². The van der Waals surface area contributed by atoms with Crippen molar-refractivity contribution < 1.29 is 19.1 Å². The minimum Gasteiger partial charge on any atom is -0.462 e. The van der Waals surface area contributed by atoms with Gasteiger partial charge in [0.05, 0.1) is 24.4 Å². The number of nitrogens with one attached hydrogen (secondary N) is 2. The van der Waals surface area contributed by atoms with E-state index < -0.39 is 5.97 Å². The van der Waals surface area contributed by atoms with Crippen LogP contribution in [0.1, 0.15) is 61.8 Å². The molecule has 2 N–H and O–H groups in total. The van der Waals surface area contributed by atoms with Gasteiger partial charge in [-0.3, -0.25) is 5.32 Å². The number of fused-ring (bicyclic) bond motifs is 1. The minimum atomic E-state index is -0.394. The van der Waals surface area contributed by atoms with Crippen LogP contribution in [0.25, 0.3) is 0 Å². The molecule has 1 aliphatic rings. The van der Waals surface area contributed by atoms with Crippen molar-refractivity contribution in [2.45, 2.75) is 59.7 Å². The first-order valence-corrected chi connectivity index (χ1v) is 10.9. The standard InChI is InChI=1S/C20H33N3O4S/c1-6-23(7-2)11-9-10-21-19(25)22-17-16(18(24)26-8-3)14-12-20(4,5)27-13-15(14)28-17/h6-13H2,1-5H3,(H2,21,22,25). The number of urea groups is 1. The van der Waals surface area contributed by atoms with E-state index in [0.29, 0.717) is 36.7 Å². The lowest BCUT2D eigenvalue weighted by Gasteiger charge is -2.30. The van der Waals surface area contributed by atoms with Crippen molar-refractivity contribution in [3.8, 4) is 0 Å². The monoisotopic (exact) mass is 411 g/mol. The lowest BCUT2D eigenvalue weighted by Crippen LogP contribution is -2.33. The Morgan fingerprint density at radius 2 is 1.96 bits per heavy atom. The molecule has 0 saturated heterocycles. The van der Waals surface area contributed by atoms with Gasteiger partial charge in [0.25, 0.3) is 0 Å². The summed E-state index contributed by atoms with van der Waals surface area (Å²) in [7, 11) is 0. The highest BCUT2D eigenvalue weighted by Gasteiger charge is 2.34. The van der Waals surface area contributed by atoms with Crippen molar-refractivity contribution in [1.82, 2.24) is 10.2 Å². The quantitative estimate of drug-likeness (QED) is 0.479. The molecule has 0 saturated carbocycles. The van der Waals surface area contributed by atoms with E-state index in [0.717, 1.165) is 36.5 Å². The molecular formula is C20H33N3O4S. The number of hydrogen-bond donors (Lipinski definition) is 2. The highest BCUT2D eigenvalue weighted by atomic mass is 32.1. The Kier molecular flexibility index (Phi) is 8.27. The molecule has 0 radical (unpaired) electrons. The summed E-state index contributed by atoms with van der Waals surface area (Å²) in [6.07, 6.45) is 1.49. The number of amides is 2. The Bertz CT molecular complexity index is 683. The summed E-state index contributed by atoms with van der Waals surface area (Å²) in [5, 5.41) is 6.26. The predicted octanol–water partition coefficient (Wildman–Crippen LogP) is 3.63. The van der Waals surface area contributed by atoms with Gasteiger partial charge in [-0.25, -0.2) is 9.59 Å². The number of rotatable bonds is 9. The molecule has 2 rings (SSSR count). The maximum atomic E-state index is 12.6. The zero-order valence-corrected chi connectivity index (χ0v) is 18.5. The van der Waals surface area contributed by atoms with Crippen molar-refractivity contribution in [2.24, 2.45) is 0 Å². The van der Waals surface area contributed by atoms with Gasteiger partial charge in [0.2, 0.25) is 0 Å². The van der Waals surface area contributed by atoms with Crippen molar-refractivity contribution in [3.05, 3.63) is 16.0 Å². The molecule has 1 aromatic heterocycles. The third kappa shape index (κ3) is 5.93. The van der Waals surface area contributed by atoms with Crippen LogP contribution in [0.4, 0.5) is 9.80 Å². The summed E-state index contributed by atoms with van der Waals surface area (Å²) in [6.45, 7) is 14.3.